The number of aromatic hydroxyl groups is 1. The van der Waals surface area contributed by atoms with Gasteiger partial charge in [-0.05, 0) is 24.6 Å². The molecule has 0 saturated carbocycles. The molecule has 0 amide bonds. The Kier molecular flexibility index (Phi) is 2.37. The SMILES string of the molecule is Cc1ccc(I=O)c(O)c1. The summed E-state index contributed by atoms with van der Waals surface area (Å²) in [6.07, 6.45) is 0. The van der Waals surface area contributed by atoms with E-state index in [0.29, 0.717) is 3.57 Å². The third kappa shape index (κ3) is 1.53. The molecule has 0 aromatic heterocycles. The second-order valence-electron chi connectivity index (χ2n) is 2.03. The Bertz CT molecular complexity index is 258. The van der Waals surface area contributed by atoms with Crippen molar-refractivity contribution in [3.05, 3.63) is 27.3 Å². The van der Waals surface area contributed by atoms with Crippen molar-refractivity contribution in [3.63, 3.8) is 0 Å². The summed E-state index contributed by atoms with van der Waals surface area (Å²) in [5.41, 5.74) is 0.985. The van der Waals surface area contributed by atoms with Crippen LogP contribution in [0.1, 0.15) is 5.56 Å². The number of hydrogen-bond acceptors (Lipinski definition) is 2. The molecule has 0 heterocycles. The molecule has 1 rings (SSSR count). The van der Waals surface area contributed by atoms with Crippen LogP contribution in [0.3, 0.4) is 0 Å². The third-order valence-corrected chi connectivity index (χ3v) is 2.57. The molecule has 3 heteroatoms. The smallest absolute Gasteiger partial charge is 0.185 e. The van der Waals surface area contributed by atoms with Gasteiger partial charge in [-0.1, -0.05) is 6.07 Å². The van der Waals surface area contributed by atoms with E-state index in [1.165, 1.54) is 0 Å². The van der Waals surface area contributed by atoms with Crippen LogP contribution in [0.25, 0.3) is 0 Å². The van der Waals surface area contributed by atoms with Gasteiger partial charge in [0.1, 0.15) is 5.75 Å². The summed E-state index contributed by atoms with van der Waals surface area (Å²) in [4.78, 5) is 0. The Hall–Kier alpha value is -0.450. The highest BCUT2D eigenvalue weighted by atomic mass is 127. The molecule has 0 saturated heterocycles. The van der Waals surface area contributed by atoms with Gasteiger partial charge in [-0.3, -0.25) is 3.07 Å². The van der Waals surface area contributed by atoms with Crippen molar-refractivity contribution in [1.82, 2.24) is 0 Å². The lowest BCUT2D eigenvalue weighted by Gasteiger charge is -1.95. The van der Waals surface area contributed by atoms with Gasteiger partial charge in [0, 0.05) is 0 Å². The molecular weight excluding hydrogens is 243 g/mol. The van der Waals surface area contributed by atoms with Crippen molar-refractivity contribution >= 4 is 21.2 Å². The molecule has 0 unspecified atom stereocenters. The van der Waals surface area contributed by atoms with Crippen molar-refractivity contribution in [2.75, 3.05) is 0 Å². The van der Waals surface area contributed by atoms with Crippen LogP contribution in [0.2, 0.25) is 0 Å². The normalized spacial score (nSPS) is 9.70. The zero-order valence-corrected chi connectivity index (χ0v) is 7.62. The lowest BCUT2D eigenvalue weighted by molar-refractivity contribution is 0.471. The van der Waals surface area contributed by atoms with Crippen LogP contribution in [-0.4, -0.2) is 5.11 Å². The van der Waals surface area contributed by atoms with Gasteiger partial charge >= 0.3 is 0 Å². The van der Waals surface area contributed by atoms with Gasteiger partial charge in [-0.15, -0.1) is 0 Å². The fourth-order valence-electron chi connectivity index (χ4n) is 0.688. The standard InChI is InChI=1S/C7H7IO2/c1-5-2-3-6(8-10)7(9)4-5/h2-4,9H,1H3. The van der Waals surface area contributed by atoms with Crippen molar-refractivity contribution in [3.8, 4) is 5.75 Å². The lowest BCUT2D eigenvalue weighted by atomic mass is 10.2. The number of hydrogen-bond donors (Lipinski definition) is 1. The maximum absolute atomic E-state index is 10.4. The average Bonchev–Trinajstić information content (AvgIpc) is 1.88. The van der Waals surface area contributed by atoms with E-state index in [0.717, 1.165) is 5.56 Å². The molecule has 54 valence electrons. The van der Waals surface area contributed by atoms with Crippen LogP contribution in [0.4, 0.5) is 0 Å². The van der Waals surface area contributed by atoms with Crippen molar-refractivity contribution in [2.45, 2.75) is 6.92 Å². The number of rotatable bonds is 1. The van der Waals surface area contributed by atoms with E-state index in [-0.39, 0.29) is 5.75 Å². The van der Waals surface area contributed by atoms with E-state index in [9.17, 15) is 3.07 Å². The molecule has 0 bridgehead atoms. The van der Waals surface area contributed by atoms with E-state index in [2.05, 4.69) is 0 Å². The van der Waals surface area contributed by atoms with Crippen LogP contribution in [0.15, 0.2) is 18.2 Å². The molecule has 0 atom stereocenters. The van der Waals surface area contributed by atoms with E-state index in [1.54, 1.807) is 12.1 Å². The first kappa shape index (κ1) is 7.65. The molecule has 2 nitrogen and oxygen atoms in total. The zero-order chi connectivity index (χ0) is 7.56. The molecule has 1 aromatic rings. The summed E-state index contributed by atoms with van der Waals surface area (Å²) in [6.45, 7) is 1.88. The number of benzene rings is 1. The number of phenolic OH excluding ortho intramolecular Hbond substituents is 1. The highest BCUT2D eigenvalue weighted by Crippen LogP contribution is 2.22. The van der Waals surface area contributed by atoms with Gasteiger partial charge in [0.2, 0.25) is 0 Å². The van der Waals surface area contributed by atoms with Crippen LogP contribution in [0.5, 0.6) is 5.75 Å². The Morgan fingerprint density at radius 1 is 1.50 bits per heavy atom. The molecule has 0 aliphatic heterocycles. The molecule has 10 heavy (non-hydrogen) atoms. The first-order chi connectivity index (χ1) is 4.74. The summed E-state index contributed by atoms with van der Waals surface area (Å²) in [6, 6.07) is 5.16. The van der Waals surface area contributed by atoms with Crippen molar-refractivity contribution < 1.29 is 8.18 Å². The summed E-state index contributed by atoms with van der Waals surface area (Å²) in [5.74, 6) is 0.155. The highest BCUT2D eigenvalue weighted by Gasteiger charge is 1.98. The predicted molar refractivity (Wildman–Crippen MR) is 46.2 cm³/mol. The van der Waals surface area contributed by atoms with Crippen LogP contribution >= 0.6 is 21.2 Å². The van der Waals surface area contributed by atoms with Crippen molar-refractivity contribution in [1.29, 1.82) is 0 Å². The molecule has 0 fully saturated rings. The summed E-state index contributed by atoms with van der Waals surface area (Å²) in [7, 11) is 0. The molecule has 0 radical (unpaired) electrons. The topological polar surface area (TPSA) is 37.3 Å². The minimum absolute atomic E-state index is 0.155. The number of aryl methyl sites for hydroxylation is 1. The predicted octanol–water partition coefficient (Wildman–Crippen LogP) is 2.19. The van der Waals surface area contributed by atoms with Gasteiger partial charge < -0.3 is 5.11 Å². The first-order valence-electron chi connectivity index (χ1n) is 2.80. The number of halogens is 1. The first-order valence-corrected chi connectivity index (χ1v) is 4.76. The summed E-state index contributed by atoms with van der Waals surface area (Å²) >= 11 is -1.23. The second kappa shape index (κ2) is 3.09. The molecule has 0 aliphatic carbocycles. The monoisotopic (exact) mass is 250 g/mol. The van der Waals surface area contributed by atoms with E-state index < -0.39 is 21.2 Å². The fourth-order valence-corrected chi connectivity index (χ4v) is 1.40. The Morgan fingerprint density at radius 3 is 2.70 bits per heavy atom. The minimum Gasteiger partial charge on any atom is -0.507 e. The van der Waals surface area contributed by atoms with Gasteiger partial charge in [-0.25, -0.2) is 0 Å². The quantitative estimate of drug-likeness (QED) is 0.775. The number of phenols is 1. The average molecular weight is 250 g/mol. The summed E-state index contributed by atoms with van der Waals surface area (Å²) in [5, 5.41) is 9.12. The molecular formula is C7H7IO2. The Labute approximate surface area is 69.5 Å². The molecule has 0 aliphatic rings. The molecule has 1 aromatic carbocycles. The van der Waals surface area contributed by atoms with E-state index in [4.69, 9.17) is 5.11 Å². The zero-order valence-electron chi connectivity index (χ0n) is 5.47. The molecule has 1 N–H and O–H groups in total. The van der Waals surface area contributed by atoms with Crippen LogP contribution < -0.4 is 0 Å². The van der Waals surface area contributed by atoms with Crippen LogP contribution in [0, 0.1) is 10.5 Å². The fraction of sp³-hybridized carbons (Fsp3) is 0.143. The van der Waals surface area contributed by atoms with Crippen LogP contribution in [-0.2, 0) is 3.07 Å². The van der Waals surface area contributed by atoms with Gasteiger partial charge in [0.25, 0.3) is 0 Å². The third-order valence-electron chi connectivity index (χ3n) is 1.18. The lowest BCUT2D eigenvalue weighted by Crippen LogP contribution is -1.75. The minimum atomic E-state index is -1.23. The van der Waals surface area contributed by atoms with E-state index in [1.807, 2.05) is 13.0 Å². The van der Waals surface area contributed by atoms with Crippen molar-refractivity contribution in [2.24, 2.45) is 0 Å². The maximum atomic E-state index is 10.4. The van der Waals surface area contributed by atoms with E-state index >= 15 is 0 Å². The van der Waals surface area contributed by atoms with Gasteiger partial charge in [0.05, 0.1) is 3.57 Å². The molecule has 0 spiro atoms. The van der Waals surface area contributed by atoms with Gasteiger partial charge in [0.15, 0.2) is 21.2 Å². The Balaban J connectivity index is 3.19. The largest absolute Gasteiger partial charge is 0.507 e. The second-order valence-corrected chi connectivity index (χ2v) is 3.63. The summed E-state index contributed by atoms with van der Waals surface area (Å²) < 4.78 is 11.0. The highest BCUT2D eigenvalue weighted by molar-refractivity contribution is 14.1. The van der Waals surface area contributed by atoms with Gasteiger partial charge in [-0.2, -0.15) is 0 Å². The Morgan fingerprint density at radius 2 is 2.20 bits per heavy atom. The maximum Gasteiger partial charge on any atom is 0.185 e.